The largest absolute Gasteiger partial charge is 0.493 e. The number of sulfonamides is 1. The van der Waals surface area contributed by atoms with Crippen LogP contribution in [0.1, 0.15) is 18.4 Å². The zero-order valence-electron chi connectivity index (χ0n) is 18.9. The van der Waals surface area contributed by atoms with Crippen LogP contribution < -0.4 is 14.8 Å². The summed E-state index contributed by atoms with van der Waals surface area (Å²) in [6.45, 7) is 0.843. The van der Waals surface area contributed by atoms with Crippen molar-refractivity contribution in [1.29, 1.82) is 0 Å². The van der Waals surface area contributed by atoms with Crippen molar-refractivity contribution >= 4 is 21.6 Å². The van der Waals surface area contributed by atoms with Crippen LogP contribution in [0.5, 0.6) is 11.5 Å². The highest BCUT2D eigenvalue weighted by atomic mass is 32.2. The van der Waals surface area contributed by atoms with Crippen molar-refractivity contribution in [2.24, 2.45) is 5.92 Å². The smallest absolute Gasteiger partial charge is 0.243 e. The third-order valence-corrected chi connectivity index (χ3v) is 7.56. The fourth-order valence-corrected chi connectivity index (χ4v) is 5.42. The van der Waals surface area contributed by atoms with Crippen molar-refractivity contribution in [3.05, 3.63) is 78.6 Å². The standard InChI is InChI=1S/C25H27N3O5S/c1-32-23-12-11-21(15-24(23)33-18-19-7-5-13-26-16-19)27-25(29)20-8-6-14-28(17-20)34(30,31)22-9-3-2-4-10-22/h2-5,7,9-13,15-16,20H,6,8,14,17-18H2,1H3,(H,27,29). The van der Waals surface area contributed by atoms with Crippen LogP contribution >= 0.6 is 0 Å². The van der Waals surface area contributed by atoms with Gasteiger partial charge in [-0.1, -0.05) is 24.3 Å². The van der Waals surface area contributed by atoms with Crippen molar-refractivity contribution in [1.82, 2.24) is 9.29 Å². The Balaban J connectivity index is 1.43. The van der Waals surface area contributed by atoms with Crippen molar-refractivity contribution in [2.45, 2.75) is 24.3 Å². The first-order chi connectivity index (χ1) is 16.5. The number of aromatic nitrogens is 1. The predicted molar refractivity (Wildman–Crippen MR) is 128 cm³/mol. The Morgan fingerprint density at radius 3 is 2.68 bits per heavy atom. The molecule has 1 unspecified atom stereocenters. The summed E-state index contributed by atoms with van der Waals surface area (Å²) >= 11 is 0. The van der Waals surface area contributed by atoms with Crippen molar-refractivity contribution in [3.8, 4) is 11.5 Å². The summed E-state index contributed by atoms with van der Waals surface area (Å²) in [5.41, 5.74) is 1.45. The van der Waals surface area contributed by atoms with Gasteiger partial charge in [0.1, 0.15) is 6.61 Å². The number of anilines is 1. The highest BCUT2D eigenvalue weighted by molar-refractivity contribution is 7.89. The lowest BCUT2D eigenvalue weighted by Gasteiger charge is -2.31. The number of carbonyl (C=O) groups excluding carboxylic acids is 1. The number of benzene rings is 2. The molecule has 2 heterocycles. The van der Waals surface area contributed by atoms with Gasteiger partial charge < -0.3 is 14.8 Å². The average molecular weight is 482 g/mol. The zero-order chi connectivity index (χ0) is 24.0. The van der Waals surface area contributed by atoms with Crippen molar-refractivity contribution in [2.75, 3.05) is 25.5 Å². The molecule has 1 aromatic heterocycles. The van der Waals surface area contributed by atoms with Crippen molar-refractivity contribution < 1.29 is 22.7 Å². The van der Waals surface area contributed by atoms with E-state index in [4.69, 9.17) is 9.47 Å². The minimum Gasteiger partial charge on any atom is -0.493 e. The Bertz CT molecular complexity index is 1220. The summed E-state index contributed by atoms with van der Waals surface area (Å²) in [6, 6.07) is 17.2. The van der Waals surface area contributed by atoms with E-state index in [0.29, 0.717) is 43.2 Å². The minimum atomic E-state index is -3.64. The number of amides is 1. The number of ether oxygens (including phenoxy) is 2. The monoisotopic (exact) mass is 481 g/mol. The van der Waals surface area contributed by atoms with Gasteiger partial charge in [-0.15, -0.1) is 0 Å². The first kappa shape index (κ1) is 23.7. The Morgan fingerprint density at radius 2 is 1.94 bits per heavy atom. The SMILES string of the molecule is COc1ccc(NC(=O)C2CCCN(S(=O)(=O)c3ccccc3)C2)cc1OCc1cccnc1. The van der Waals surface area contributed by atoms with Crippen LogP contribution in [0.2, 0.25) is 0 Å². The molecule has 0 radical (unpaired) electrons. The van der Waals surface area contributed by atoms with E-state index in [2.05, 4.69) is 10.3 Å². The molecule has 0 spiro atoms. The number of pyridine rings is 1. The number of rotatable bonds is 8. The Kier molecular flexibility index (Phi) is 7.44. The molecule has 8 nitrogen and oxygen atoms in total. The summed E-state index contributed by atoms with van der Waals surface area (Å²) in [5, 5.41) is 2.90. The summed E-state index contributed by atoms with van der Waals surface area (Å²) in [6.07, 6.45) is 4.65. The lowest BCUT2D eigenvalue weighted by molar-refractivity contribution is -0.120. The number of nitrogens with zero attached hydrogens (tertiary/aromatic N) is 2. The van der Waals surface area contributed by atoms with E-state index in [9.17, 15) is 13.2 Å². The average Bonchev–Trinajstić information content (AvgIpc) is 2.88. The Hall–Kier alpha value is -3.43. The lowest BCUT2D eigenvalue weighted by Crippen LogP contribution is -2.43. The molecule has 1 N–H and O–H groups in total. The second-order valence-electron chi connectivity index (χ2n) is 8.02. The predicted octanol–water partition coefficient (Wildman–Crippen LogP) is 3.71. The summed E-state index contributed by atoms with van der Waals surface area (Å²) in [7, 11) is -2.09. The maximum absolute atomic E-state index is 13.0. The van der Waals surface area contributed by atoms with E-state index in [0.717, 1.165) is 5.56 Å². The van der Waals surface area contributed by atoms with Gasteiger partial charge in [-0.3, -0.25) is 9.78 Å². The van der Waals surface area contributed by atoms with Crippen LogP contribution in [-0.4, -0.2) is 43.8 Å². The van der Waals surface area contributed by atoms with E-state index in [-0.39, 0.29) is 17.3 Å². The minimum absolute atomic E-state index is 0.142. The highest BCUT2D eigenvalue weighted by Gasteiger charge is 2.33. The maximum atomic E-state index is 13.0. The fraction of sp³-hybridized carbons (Fsp3) is 0.280. The molecule has 34 heavy (non-hydrogen) atoms. The first-order valence-corrected chi connectivity index (χ1v) is 12.5. The molecule has 1 saturated heterocycles. The van der Waals surface area contributed by atoms with Gasteiger partial charge in [-0.25, -0.2) is 8.42 Å². The van der Waals surface area contributed by atoms with Gasteiger partial charge in [-0.2, -0.15) is 4.31 Å². The van der Waals surface area contributed by atoms with Gasteiger partial charge in [0.15, 0.2) is 11.5 Å². The van der Waals surface area contributed by atoms with Gasteiger partial charge >= 0.3 is 0 Å². The number of carbonyl (C=O) groups is 1. The maximum Gasteiger partial charge on any atom is 0.243 e. The highest BCUT2D eigenvalue weighted by Crippen LogP contribution is 2.32. The Labute approximate surface area is 199 Å². The van der Waals surface area contributed by atoms with E-state index in [1.54, 1.807) is 68.0 Å². The van der Waals surface area contributed by atoms with E-state index in [1.165, 1.54) is 4.31 Å². The molecule has 3 aromatic rings. The number of hydrogen-bond donors (Lipinski definition) is 1. The van der Waals surface area contributed by atoms with E-state index in [1.807, 2.05) is 12.1 Å². The van der Waals surface area contributed by atoms with E-state index < -0.39 is 15.9 Å². The molecule has 0 bridgehead atoms. The van der Waals surface area contributed by atoms with Gasteiger partial charge in [0.05, 0.1) is 17.9 Å². The molecule has 0 saturated carbocycles. The van der Waals surface area contributed by atoms with Crippen LogP contribution in [0.15, 0.2) is 78.0 Å². The molecule has 178 valence electrons. The third kappa shape index (κ3) is 5.55. The van der Waals surface area contributed by atoms with Crippen LogP contribution in [0.4, 0.5) is 5.69 Å². The first-order valence-electron chi connectivity index (χ1n) is 11.0. The second kappa shape index (κ2) is 10.7. The van der Waals surface area contributed by atoms with Crippen LogP contribution in [0.3, 0.4) is 0 Å². The summed E-state index contributed by atoms with van der Waals surface area (Å²) in [5.74, 6) is 0.353. The molecule has 0 aliphatic carbocycles. The molecular formula is C25H27N3O5S. The topological polar surface area (TPSA) is 97.8 Å². The molecule has 1 fully saturated rings. The second-order valence-corrected chi connectivity index (χ2v) is 9.96. The molecular weight excluding hydrogens is 454 g/mol. The molecule has 1 aliphatic rings. The number of methoxy groups -OCH3 is 1. The number of nitrogens with one attached hydrogen (secondary N) is 1. The van der Waals surface area contributed by atoms with E-state index >= 15 is 0 Å². The summed E-state index contributed by atoms with van der Waals surface area (Å²) < 4.78 is 38.6. The van der Waals surface area contributed by atoms with Gasteiger partial charge in [-0.05, 0) is 43.2 Å². The molecule has 9 heteroatoms. The molecule has 1 aliphatic heterocycles. The molecule has 2 aromatic carbocycles. The molecule has 4 rings (SSSR count). The lowest BCUT2D eigenvalue weighted by atomic mass is 9.98. The van der Waals surface area contributed by atoms with Crippen LogP contribution in [0, 0.1) is 5.92 Å². The zero-order valence-corrected chi connectivity index (χ0v) is 19.7. The number of piperidine rings is 1. The van der Waals surface area contributed by atoms with Crippen LogP contribution in [0.25, 0.3) is 0 Å². The quantitative estimate of drug-likeness (QED) is 0.527. The third-order valence-electron chi connectivity index (χ3n) is 5.68. The molecule has 1 atom stereocenters. The summed E-state index contributed by atoms with van der Waals surface area (Å²) in [4.78, 5) is 17.3. The van der Waals surface area contributed by atoms with Gasteiger partial charge in [0, 0.05) is 42.8 Å². The van der Waals surface area contributed by atoms with Gasteiger partial charge in [0.25, 0.3) is 0 Å². The normalized spacial score (nSPS) is 16.6. The Morgan fingerprint density at radius 1 is 1.12 bits per heavy atom. The van der Waals surface area contributed by atoms with Crippen molar-refractivity contribution in [3.63, 3.8) is 0 Å². The molecule has 1 amide bonds. The van der Waals surface area contributed by atoms with Gasteiger partial charge in [0.2, 0.25) is 15.9 Å². The van der Waals surface area contributed by atoms with Crippen LogP contribution in [-0.2, 0) is 21.4 Å². The number of hydrogen-bond acceptors (Lipinski definition) is 6. The fourth-order valence-electron chi connectivity index (χ4n) is 3.87.